The molecule has 122 valence electrons. The zero-order valence-corrected chi connectivity index (χ0v) is 12.8. The third-order valence-electron chi connectivity index (χ3n) is 3.00. The van der Waals surface area contributed by atoms with Gasteiger partial charge >= 0.3 is 5.97 Å². The van der Waals surface area contributed by atoms with Crippen LogP contribution in [0.1, 0.15) is 5.69 Å². The molecule has 0 saturated carbocycles. The van der Waals surface area contributed by atoms with Crippen molar-refractivity contribution < 1.29 is 19.1 Å². The van der Waals surface area contributed by atoms with Crippen molar-refractivity contribution in [2.24, 2.45) is 0 Å². The van der Waals surface area contributed by atoms with Crippen LogP contribution >= 0.6 is 0 Å². The van der Waals surface area contributed by atoms with E-state index < -0.39 is 17.7 Å². The number of carbonyl (C=O) groups excluding carboxylic acids is 1. The Balaban J connectivity index is 2.17. The van der Waals surface area contributed by atoms with Gasteiger partial charge in [-0.3, -0.25) is 14.5 Å². The molecular weight excluding hydrogens is 303 g/mol. The van der Waals surface area contributed by atoms with Gasteiger partial charge < -0.3 is 10.4 Å². The minimum Gasteiger partial charge on any atom is -0.480 e. The maximum absolute atomic E-state index is 13.9. The van der Waals surface area contributed by atoms with Crippen LogP contribution in [0.4, 0.5) is 10.2 Å². The first-order valence-electron chi connectivity index (χ1n) is 6.88. The van der Waals surface area contributed by atoms with E-state index in [9.17, 15) is 14.0 Å². The van der Waals surface area contributed by atoms with Gasteiger partial charge in [0.25, 0.3) is 0 Å². The second-order valence-electron chi connectivity index (χ2n) is 5.15. The summed E-state index contributed by atoms with van der Waals surface area (Å²) < 4.78 is 15.2. The number of nitrogens with one attached hydrogen (secondary N) is 1. The number of aliphatic carboxylic acids is 1. The number of carboxylic acids is 1. The van der Waals surface area contributed by atoms with Crippen LogP contribution < -0.4 is 5.32 Å². The lowest BCUT2D eigenvalue weighted by Gasteiger charge is -2.14. The summed E-state index contributed by atoms with van der Waals surface area (Å²) >= 11 is 0. The van der Waals surface area contributed by atoms with E-state index in [4.69, 9.17) is 5.11 Å². The van der Waals surface area contributed by atoms with Crippen LogP contribution in [0.2, 0.25) is 0 Å². The number of aryl methyl sites for hydroxylation is 1. The molecule has 0 spiro atoms. The molecule has 2 N–H and O–H groups in total. The van der Waals surface area contributed by atoms with Crippen molar-refractivity contribution in [3.63, 3.8) is 0 Å². The zero-order valence-electron chi connectivity index (χ0n) is 12.8. The molecule has 2 aromatic rings. The number of hydrogen-bond acceptors (Lipinski definition) is 4. The van der Waals surface area contributed by atoms with Crippen molar-refractivity contribution in [1.29, 1.82) is 0 Å². The topological polar surface area (TPSA) is 87.5 Å². The Kier molecular flexibility index (Phi) is 5.07. The number of hydrogen-bond donors (Lipinski definition) is 2. The fourth-order valence-electron chi connectivity index (χ4n) is 2.11. The van der Waals surface area contributed by atoms with Gasteiger partial charge in [0, 0.05) is 6.07 Å². The summed E-state index contributed by atoms with van der Waals surface area (Å²) in [5, 5.41) is 15.5. The Morgan fingerprint density at radius 3 is 2.70 bits per heavy atom. The van der Waals surface area contributed by atoms with Crippen LogP contribution in [0.25, 0.3) is 5.69 Å². The fourth-order valence-corrected chi connectivity index (χ4v) is 2.11. The lowest BCUT2D eigenvalue weighted by Crippen LogP contribution is -2.34. The molecule has 0 aliphatic rings. The predicted octanol–water partition coefficient (Wildman–Crippen LogP) is 1.27. The molecule has 2 rings (SSSR count). The Bertz CT molecular complexity index is 729. The molecule has 1 heterocycles. The van der Waals surface area contributed by atoms with Gasteiger partial charge in [0.2, 0.25) is 5.91 Å². The molecule has 0 unspecified atom stereocenters. The van der Waals surface area contributed by atoms with Crippen LogP contribution in [-0.2, 0) is 9.59 Å². The van der Waals surface area contributed by atoms with Crippen molar-refractivity contribution in [3.8, 4) is 5.69 Å². The highest BCUT2D eigenvalue weighted by Crippen LogP contribution is 2.19. The van der Waals surface area contributed by atoms with Gasteiger partial charge in [-0.25, -0.2) is 9.07 Å². The summed E-state index contributed by atoms with van der Waals surface area (Å²) in [4.78, 5) is 24.0. The lowest BCUT2D eigenvalue weighted by molar-refractivity contribution is -0.138. The first-order chi connectivity index (χ1) is 10.9. The summed E-state index contributed by atoms with van der Waals surface area (Å²) in [6.45, 7) is 1.37. The first kappa shape index (κ1) is 16.6. The number of para-hydroxylation sites is 1. The Hall–Kier alpha value is -2.74. The maximum Gasteiger partial charge on any atom is 0.317 e. The summed E-state index contributed by atoms with van der Waals surface area (Å²) in [5.74, 6) is -1.57. The molecule has 0 aliphatic carbocycles. The molecule has 7 nitrogen and oxygen atoms in total. The largest absolute Gasteiger partial charge is 0.480 e. The summed E-state index contributed by atoms with van der Waals surface area (Å²) in [6.07, 6.45) is 0. The molecular formula is C15H17FN4O3. The summed E-state index contributed by atoms with van der Waals surface area (Å²) in [5.41, 5.74) is 0.831. The molecule has 0 atom stereocenters. The third-order valence-corrected chi connectivity index (χ3v) is 3.00. The second kappa shape index (κ2) is 7.01. The molecule has 0 radical (unpaired) electrons. The number of nitrogens with zero attached hydrogens (tertiary/aromatic N) is 3. The van der Waals surface area contributed by atoms with E-state index in [0.29, 0.717) is 11.5 Å². The van der Waals surface area contributed by atoms with Gasteiger partial charge in [-0.05, 0) is 26.1 Å². The van der Waals surface area contributed by atoms with Crippen molar-refractivity contribution in [2.45, 2.75) is 6.92 Å². The lowest BCUT2D eigenvalue weighted by atomic mass is 10.3. The fraction of sp³-hybridized carbons (Fsp3) is 0.267. The van der Waals surface area contributed by atoms with E-state index in [1.54, 1.807) is 31.2 Å². The van der Waals surface area contributed by atoms with Crippen LogP contribution in [-0.4, -0.2) is 51.8 Å². The highest BCUT2D eigenvalue weighted by atomic mass is 19.1. The van der Waals surface area contributed by atoms with E-state index in [2.05, 4.69) is 10.4 Å². The SMILES string of the molecule is Cc1cc(NC(=O)CN(C)CC(=O)O)n(-c2ccccc2F)n1. The van der Waals surface area contributed by atoms with Crippen LogP contribution in [0.5, 0.6) is 0 Å². The predicted molar refractivity (Wildman–Crippen MR) is 82.0 cm³/mol. The number of anilines is 1. The monoisotopic (exact) mass is 320 g/mol. The van der Waals surface area contributed by atoms with Gasteiger partial charge in [-0.1, -0.05) is 12.1 Å². The smallest absolute Gasteiger partial charge is 0.317 e. The zero-order chi connectivity index (χ0) is 17.0. The number of likely N-dealkylation sites (N-methyl/N-ethyl adjacent to an activating group) is 1. The summed E-state index contributed by atoms with van der Waals surface area (Å²) in [6, 6.07) is 7.70. The molecule has 0 aliphatic heterocycles. The van der Waals surface area contributed by atoms with Gasteiger partial charge in [-0.2, -0.15) is 5.10 Å². The van der Waals surface area contributed by atoms with Crippen LogP contribution in [0.3, 0.4) is 0 Å². The molecule has 23 heavy (non-hydrogen) atoms. The standard InChI is InChI=1S/C15H17FN4O3/c1-10-7-13(17-14(21)8-19(2)9-15(22)23)20(18-10)12-6-4-3-5-11(12)16/h3-7H,8-9H2,1-2H3,(H,17,21)(H,22,23). The van der Waals surface area contributed by atoms with E-state index in [0.717, 1.165) is 0 Å². The van der Waals surface area contributed by atoms with Gasteiger partial charge in [0.15, 0.2) is 0 Å². The minimum absolute atomic E-state index is 0.103. The number of carbonyl (C=O) groups is 2. The van der Waals surface area contributed by atoms with Gasteiger partial charge in [-0.15, -0.1) is 0 Å². The van der Waals surface area contributed by atoms with Gasteiger partial charge in [0.1, 0.15) is 17.3 Å². The maximum atomic E-state index is 13.9. The van der Waals surface area contributed by atoms with Crippen molar-refractivity contribution in [3.05, 3.63) is 41.8 Å². The number of aromatic nitrogens is 2. The summed E-state index contributed by atoms with van der Waals surface area (Å²) in [7, 11) is 1.52. The minimum atomic E-state index is -1.02. The molecule has 1 aromatic heterocycles. The first-order valence-corrected chi connectivity index (χ1v) is 6.88. The molecule has 0 fully saturated rings. The Morgan fingerprint density at radius 2 is 2.04 bits per heavy atom. The van der Waals surface area contributed by atoms with Crippen molar-refractivity contribution in [2.75, 3.05) is 25.5 Å². The van der Waals surface area contributed by atoms with Crippen molar-refractivity contribution >= 4 is 17.7 Å². The van der Waals surface area contributed by atoms with Gasteiger partial charge in [0.05, 0.1) is 18.8 Å². The molecule has 1 aromatic carbocycles. The van der Waals surface area contributed by atoms with Crippen LogP contribution in [0.15, 0.2) is 30.3 Å². The number of amides is 1. The highest BCUT2D eigenvalue weighted by molar-refractivity contribution is 5.92. The Labute approximate surface area is 132 Å². The second-order valence-corrected chi connectivity index (χ2v) is 5.15. The Morgan fingerprint density at radius 1 is 1.35 bits per heavy atom. The van der Waals surface area contributed by atoms with E-state index in [1.165, 1.54) is 22.7 Å². The number of benzene rings is 1. The normalized spacial score (nSPS) is 10.8. The van der Waals surface area contributed by atoms with E-state index in [1.807, 2.05) is 0 Å². The molecule has 0 bridgehead atoms. The molecule has 0 saturated heterocycles. The molecule has 8 heteroatoms. The highest BCUT2D eigenvalue weighted by Gasteiger charge is 2.15. The van der Waals surface area contributed by atoms with Crippen LogP contribution in [0, 0.1) is 12.7 Å². The van der Waals surface area contributed by atoms with Crippen molar-refractivity contribution in [1.82, 2.24) is 14.7 Å². The average Bonchev–Trinajstić information content (AvgIpc) is 2.78. The van der Waals surface area contributed by atoms with E-state index >= 15 is 0 Å². The number of rotatable bonds is 6. The van der Waals surface area contributed by atoms with E-state index in [-0.39, 0.29) is 18.8 Å². The third kappa shape index (κ3) is 4.36. The number of halogens is 1. The molecule has 1 amide bonds. The number of carboxylic acid groups (broad SMARTS) is 1. The average molecular weight is 320 g/mol. The quantitative estimate of drug-likeness (QED) is 0.837.